The second-order valence-electron chi connectivity index (χ2n) is 4.16. The van der Waals surface area contributed by atoms with Gasteiger partial charge in [-0.15, -0.1) is 5.10 Å². The number of carboxylic acids is 1. The summed E-state index contributed by atoms with van der Waals surface area (Å²) in [5.41, 5.74) is 0.438. The third-order valence-corrected chi connectivity index (χ3v) is 1.95. The van der Waals surface area contributed by atoms with Crippen LogP contribution in [-0.4, -0.2) is 26.1 Å². The van der Waals surface area contributed by atoms with Crippen molar-refractivity contribution in [1.29, 1.82) is 0 Å². The fourth-order valence-corrected chi connectivity index (χ4v) is 1.25. The van der Waals surface area contributed by atoms with Gasteiger partial charge in [-0.05, 0) is 6.92 Å². The van der Waals surface area contributed by atoms with Crippen molar-refractivity contribution in [2.75, 3.05) is 0 Å². The summed E-state index contributed by atoms with van der Waals surface area (Å²) in [5, 5.41) is 16.7. The predicted molar refractivity (Wildman–Crippen MR) is 51.4 cm³/mol. The van der Waals surface area contributed by atoms with Crippen molar-refractivity contribution in [3.8, 4) is 0 Å². The SMILES string of the molecule is CCn1nnc(C(C)(C)C)c1C(=O)O. The largest absolute Gasteiger partial charge is 0.476 e. The zero-order valence-corrected chi connectivity index (χ0v) is 8.90. The molecule has 1 rings (SSSR count). The number of hydrogen-bond acceptors (Lipinski definition) is 3. The molecule has 0 saturated carbocycles. The molecule has 0 unspecified atom stereocenters. The predicted octanol–water partition coefficient (Wildman–Crippen LogP) is 1.29. The first-order valence-electron chi connectivity index (χ1n) is 4.55. The molecule has 0 spiro atoms. The standard InChI is InChI=1S/C9H15N3O2/c1-5-12-6(8(13)14)7(10-11-12)9(2,3)4/h5H2,1-4H3,(H,13,14). The van der Waals surface area contributed by atoms with Crippen molar-refractivity contribution >= 4 is 5.97 Å². The van der Waals surface area contributed by atoms with Gasteiger partial charge in [0.1, 0.15) is 5.69 Å². The van der Waals surface area contributed by atoms with Gasteiger partial charge in [0.2, 0.25) is 0 Å². The van der Waals surface area contributed by atoms with E-state index in [0.29, 0.717) is 12.2 Å². The van der Waals surface area contributed by atoms with Gasteiger partial charge in [-0.3, -0.25) is 0 Å². The minimum Gasteiger partial charge on any atom is -0.476 e. The summed E-state index contributed by atoms with van der Waals surface area (Å²) in [7, 11) is 0. The molecule has 0 saturated heterocycles. The van der Waals surface area contributed by atoms with Gasteiger partial charge in [0.05, 0.1) is 0 Å². The summed E-state index contributed by atoms with van der Waals surface area (Å²) in [6.07, 6.45) is 0. The number of aryl methyl sites for hydroxylation is 1. The Morgan fingerprint density at radius 2 is 2.07 bits per heavy atom. The lowest BCUT2D eigenvalue weighted by atomic mass is 9.90. The summed E-state index contributed by atoms with van der Waals surface area (Å²) in [5.74, 6) is -0.971. The van der Waals surface area contributed by atoms with Gasteiger partial charge >= 0.3 is 5.97 Å². The van der Waals surface area contributed by atoms with Gasteiger partial charge < -0.3 is 5.11 Å². The lowest BCUT2D eigenvalue weighted by Crippen LogP contribution is -2.19. The van der Waals surface area contributed by atoms with Crippen LogP contribution in [0.3, 0.4) is 0 Å². The highest BCUT2D eigenvalue weighted by molar-refractivity contribution is 5.87. The number of aromatic carboxylic acids is 1. The van der Waals surface area contributed by atoms with Gasteiger partial charge in [0.25, 0.3) is 0 Å². The molecule has 14 heavy (non-hydrogen) atoms. The fourth-order valence-electron chi connectivity index (χ4n) is 1.25. The lowest BCUT2D eigenvalue weighted by molar-refractivity contribution is 0.0680. The minimum absolute atomic E-state index is 0.194. The molecular weight excluding hydrogens is 182 g/mol. The van der Waals surface area contributed by atoms with Crippen LogP contribution in [0.25, 0.3) is 0 Å². The quantitative estimate of drug-likeness (QED) is 0.775. The normalized spacial score (nSPS) is 11.7. The second kappa shape index (κ2) is 3.40. The van der Waals surface area contributed by atoms with Crippen LogP contribution in [0, 0.1) is 0 Å². The van der Waals surface area contributed by atoms with Crippen LogP contribution in [0.2, 0.25) is 0 Å². The van der Waals surface area contributed by atoms with Gasteiger partial charge in [-0.2, -0.15) is 0 Å². The Bertz CT molecular complexity index is 349. The van der Waals surface area contributed by atoms with Crippen molar-refractivity contribution in [3.63, 3.8) is 0 Å². The van der Waals surface area contributed by atoms with E-state index in [4.69, 9.17) is 5.11 Å². The molecule has 0 fully saturated rings. The summed E-state index contributed by atoms with van der Waals surface area (Å²) < 4.78 is 1.41. The molecule has 1 aromatic heterocycles. The molecule has 0 amide bonds. The van der Waals surface area contributed by atoms with Crippen molar-refractivity contribution in [3.05, 3.63) is 11.4 Å². The highest BCUT2D eigenvalue weighted by Gasteiger charge is 2.27. The maximum Gasteiger partial charge on any atom is 0.356 e. The number of rotatable bonds is 2. The average Bonchev–Trinajstić information content (AvgIpc) is 2.45. The van der Waals surface area contributed by atoms with E-state index in [1.165, 1.54) is 4.68 Å². The summed E-state index contributed by atoms with van der Waals surface area (Å²) >= 11 is 0. The van der Waals surface area contributed by atoms with E-state index in [1.807, 2.05) is 27.7 Å². The Kier molecular flexibility index (Phi) is 2.59. The van der Waals surface area contributed by atoms with Crippen molar-refractivity contribution in [2.24, 2.45) is 0 Å². The minimum atomic E-state index is -0.971. The van der Waals surface area contributed by atoms with E-state index in [9.17, 15) is 4.79 Å². The monoisotopic (exact) mass is 197 g/mol. The third kappa shape index (κ3) is 1.76. The van der Waals surface area contributed by atoms with Crippen molar-refractivity contribution < 1.29 is 9.90 Å². The summed E-state index contributed by atoms with van der Waals surface area (Å²) in [6.45, 7) is 8.12. The number of carbonyl (C=O) groups is 1. The maximum atomic E-state index is 11.0. The molecule has 0 aliphatic carbocycles. The molecule has 0 aromatic carbocycles. The van der Waals surface area contributed by atoms with E-state index < -0.39 is 5.97 Å². The van der Waals surface area contributed by atoms with Crippen LogP contribution < -0.4 is 0 Å². The number of carboxylic acid groups (broad SMARTS) is 1. The van der Waals surface area contributed by atoms with Crippen LogP contribution in [0.4, 0.5) is 0 Å². The van der Waals surface area contributed by atoms with Gasteiger partial charge in [-0.1, -0.05) is 26.0 Å². The number of nitrogens with zero attached hydrogens (tertiary/aromatic N) is 3. The van der Waals surface area contributed by atoms with Crippen molar-refractivity contribution in [2.45, 2.75) is 39.7 Å². The van der Waals surface area contributed by atoms with Crippen LogP contribution >= 0.6 is 0 Å². The maximum absolute atomic E-state index is 11.0. The third-order valence-electron chi connectivity index (χ3n) is 1.95. The van der Waals surface area contributed by atoms with Gasteiger partial charge in [-0.25, -0.2) is 9.48 Å². The molecule has 1 aromatic rings. The lowest BCUT2D eigenvalue weighted by Gasteiger charge is -2.15. The Balaban J connectivity index is 3.32. The smallest absolute Gasteiger partial charge is 0.356 e. The topological polar surface area (TPSA) is 68.0 Å². The Morgan fingerprint density at radius 3 is 2.43 bits per heavy atom. The van der Waals surface area contributed by atoms with Crippen molar-refractivity contribution in [1.82, 2.24) is 15.0 Å². The molecule has 0 atom stereocenters. The zero-order chi connectivity index (χ0) is 10.9. The van der Waals surface area contributed by atoms with E-state index in [2.05, 4.69) is 10.3 Å². The van der Waals surface area contributed by atoms with Crippen LogP contribution in [-0.2, 0) is 12.0 Å². The number of hydrogen-bond donors (Lipinski definition) is 1. The van der Waals surface area contributed by atoms with Crippen LogP contribution in [0.15, 0.2) is 0 Å². The molecule has 0 aliphatic rings. The Morgan fingerprint density at radius 1 is 1.50 bits per heavy atom. The molecule has 1 N–H and O–H groups in total. The zero-order valence-electron chi connectivity index (χ0n) is 8.90. The molecule has 78 valence electrons. The van der Waals surface area contributed by atoms with Crippen LogP contribution in [0.5, 0.6) is 0 Å². The summed E-state index contributed by atoms with van der Waals surface area (Å²) in [4.78, 5) is 11.0. The summed E-state index contributed by atoms with van der Waals surface area (Å²) in [6, 6.07) is 0. The first-order chi connectivity index (χ1) is 6.38. The highest BCUT2D eigenvalue weighted by Crippen LogP contribution is 2.23. The van der Waals surface area contributed by atoms with Crippen LogP contribution in [0.1, 0.15) is 43.9 Å². The molecule has 1 heterocycles. The van der Waals surface area contributed by atoms with E-state index >= 15 is 0 Å². The first-order valence-corrected chi connectivity index (χ1v) is 4.55. The molecular formula is C9H15N3O2. The second-order valence-corrected chi connectivity index (χ2v) is 4.16. The van der Waals surface area contributed by atoms with E-state index in [0.717, 1.165) is 0 Å². The Hall–Kier alpha value is -1.39. The first kappa shape index (κ1) is 10.7. The number of aromatic nitrogens is 3. The Labute approximate surface area is 82.7 Å². The average molecular weight is 197 g/mol. The molecule has 0 bridgehead atoms. The molecule has 0 radical (unpaired) electrons. The fraction of sp³-hybridized carbons (Fsp3) is 0.667. The molecule has 5 heteroatoms. The molecule has 5 nitrogen and oxygen atoms in total. The highest BCUT2D eigenvalue weighted by atomic mass is 16.4. The van der Waals surface area contributed by atoms with E-state index in [-0.39, 0.29) is 11.1 Å². The van der Waals surface area contributed by atoms with E-state index in [1.54, 1.807) is 0 Å². The van der Waals surface area contributed by atoms with Gasteiger partial charge in [0.15, 0.2) is 5.69 Å². The molecule has 0 aliphatic heterocycles. The van der Waals surface area contributed by atoms with Gasteiger partial charge in [0, 0.05) is 12.0 Å².